The van der Waals surface area contributed by atoms with Crippen molar-refractivity contribution < 1.29 is 10.2 Å². The lowest BCUT2D eigenvalue weighted by molar-refractivity contribution is 0.216. The molecule has 4 rings (SSSR count). The van der Waals surface area contributed by atoms with Gasteiger partial charge < -0.3 is 15.5 Å². The summed E-state index contributed by atoms with van der Waals surface area (Å²) in [7, 11) is 0. The van der Waals surface area contributed by atoms with Gasteiger partial charge in [-0.3, -0.25) is 10.3 Å². The molecule has 1 fully saturated rings. The molecule has 136 valence electrons. The summed E-state index contributed by atoms with van der Waals surface area (Å²) >= 11 is 6.16. The van der Waals surface area contributed by atoms with E-state index in [9.17, 15) is 10.2 Å². The minimum Gasteiger partial charge on any atom is -0.508 e. The summed E-state index contributed by atoms with van der Waals surface area (Å²) in [6.07, 6.45) is 2.27. The van der Waals surface area contributed by atoms with Crippen LogP contribution in [-0.4, -0.2) is 34.7 Å². The number of halogens is 1. The van der Waals surface area contributed by atoms with Crippen LogP contribution in [0.1, 0.15) is 36.4 Å². The van der Waals surface area contributed by atoms with Gasteiger partial charge in [-0.1, -0.05) is 29.8 Å². The van der Waals surface area contributed by atoms with E-state index in [4.69, 9.17) is 16.6 Å². The molecular weight excluding hydrogens is 350 g/mol. The number of aromatic hydroxyl groups is 2. The number of para-hydroxylation sites is 1. The standard InChI is InChI=1S/C20H22ClN3O2/c21-13-5-6-19(26)15(11-13)17-12-16(14-3-1-2-4-18(14)25)23-20(24-17)7-9-22-10-8-20/h1-6,11,16,22-23,25-26H,7-10,12H2/t16-/m0/s1. The molecule has 1 spiro atoms. The van der Waals surface area contributed by atoms with Gasteiger partial charge in [-0.05, 0) is 50.2 Å². The normalized spacial score (nSPS) is 22.2. The van der Waals surface area contributed by atoms with E-state index < -0.39 is 5.66 Å². The number of hydrogen-bond acceptors (Lipinski definition) is 5. The maximum Gasteiger partial charge on any atom is 0.124 e. The van der Waals surface area contributed by atoms with Crippen LogP contribution in [0.5, 0.6) is 11.5 Å². The van der Waals surface area contributed by atoms with Crippen molar-refractivity contribution in [1.29, 1.82) is 0 Å². The van der Waals surface area contributed by atoms with Crippen LogP contribution in [0.3, 0.4) is 0 Å². The van der Waals surface area contributed by atoms with Gasteiger partial charge in [0.05, 0.1) is 0 Å². The molecule has 0 amide bonds. The highest BCUT2D eigenvalue weighted by Crippen LogP contribution is 2.38. The molecule has 2 aliphatic heterocycles. The van der Waals surface area contributed by atoms with Crippen LogP contribution in [0.4, 0.5) is 0 Å². The highest BCUT2D eigenvalue weighted by Gasteiger charge is 2.39. The van der Waals surface area contributed by atoms with Crippen molar-refractivity contribution in [3.8, 4) is 11.5 Å². The fourth-order valence-electron chi connectivity index (χ4n) is 3.88. The number of nitrogens with one attached hydrogen (secondary N) is 2. The van der Waals surface area contributed by atoms with Gasteiger partial charge in [0.1, 0.15) is 17.2 Å². The quantitative estimate of drug-likeness (QED) is 0.653. The first-order chi connectivity index (χ1) is 12.6. The summed E-state index contributed by atoms with van der Waals surface area (Å²) in [5, 5.41) is 28.3. The monoisotopic (exact) mass is 371 g/mol. The molecule has 4 N–H and O–H groups in total. The third kappa shape index (κ3) is 3.30. The molecule has 1 saturated heterocycles. The fourth-order valence-corrected chi connectivity index (χ4v) is 4.05. The van der Waals surface area contributed by atoms with Crippen molar-refractivity contribution in [2.24, 2.45) is 4.99 Å². The maximum absolute atomic E-state index is 10.4. The molecule has 2 aromatic rings. The molecule has 0 saturated carbocycles. The van der Waals surface area contributed by atoms with Crippen LogP contribution in [0.15, 0.2) is 47.5 Å². The lowest BCUT2D eigenvalue weighted by Gasteiger charge is -2.42. The summed E-state index contributed by atoms with van der Waals surface area (Å²) in [4.78, 5) is 5.02. The smallest absolute Gasteiger partial charge is 0.124 e. The Morgan fingerprint density at radius 2 is 1.81 bits per heavy atom. The second-order valence-electron chi connectivity index (χ2n) is 6.96. The van der Waals surface area contributed by atoms with Crippen LogP contribution in [-0.2, 0) is 0 Å². The Morgan fingerprint density at radius 1 is 1.04 bits per heavy atom. The molecule has 2 heterocycles. The van der Waals surface area contributed by atoms with Crippen LogP contribution in [0.25, 0.3) is 0 Å². The SMILES string of the molecule is Oc1ccc(Cl)cc1C1=NC2(CCNCC2)N[C@H](c2ccccc2O)C1. The van der Waals surface area contributed by atoms with E-state index in [-0.39, 0.29) is 17.5 Å². The van der Waals surface area contributed by atoms with Crippen molar-refractivity contribution in [3.63, 3.8) is 0 Å². The van der Waals surface area contributed by atoms with Gasteiger partial charge >= 0.3 is 0 Å². The minimum atomic E-state index is -0.402. The third-order valence-corrected chi connectivity index (χ3v) is 5.44. The molecule has 0 aliphatic carbocycles. The van der Waals surface area contributed by atoms with Crippen molar-refractivity contribution in [3.05, 3.63) is 58.6 Å². The molecule has 0 radical (unpaired) electrons. The van der Waals surface area contributed by atoms with Crippen molar-refractivity contribution in [1.82, 2.24) is 10.6 Å². The summed E-state index contributed by atoms with van der Waals surface area (Å²) < 4.78 is 0. The van der Waals surface area contributed by atoms with Crippen molar-refractivity contribution >= 4 is 17.3 Å². The number of hydrogen-bond donors (Lipinski definition) is 4. The van der Waals surface area contributed by atoms with Crippen molar-refractivity contribution in [2.75, 3.05) is 13.1 Å². The summed E-state index contributed by atoms with van der Waals surface area (Å²) in [5.41, 5.74) is 1.93. The number of aliphatic imine (C=N–C) groups is 1. The average Bonchev–Trinajstić information content (AvgIpc) is 2.64. The Hall–Kier alpha value is -2.08. The largest absolute Gasteiger partial charge is 0.508 e. The summed E-state index contributed by atoms with van der Waals surface area (Å²) in [6, 6.07) is 12.3. The lowest BCUT2D eigenvalue weighted by atomic mass is 9.88. The number of phenolic OH excluding ortho intramolecular Hbond substituents is 2. The molecule has 0 bridgehead atoms. The van der Waals surface area contributed by atoms with E-state index in [2.05, 4.69) is 10.6 Å². The van der Waals surface area contributed by atoms with E-state index in [1.54, 1.807) is 24.3 Å². The third-order valence-electron chi connectivity index (χ3n) is 5.20. The molecule has 2 aliphatic rings. The predicted octanol–water partition coefficient (Wildman–Crippen LogP) is 3.35. The number of benzene rings is 2. The fraction of sp³-hybridized carbons (Fsp3) is 0.350. The molecule has 5 nitrogen and oxygen atoms in total. The average molecular weight is 372 g/mol. The molecule has 6 heteroatoms. The molecule has 0 aromatic heterocycles. The highest BCUT2D eigenvalue weighted by atomic mass is 35.5. The van der Waals surface area contributed by atoms with Gasteiger partial charge in [0.15, 0.2) is 0 Å². The summed E-state index contributed by atoms with van der Waals surface area (Å²) in [6.45, 7) is 1.75. The van der Waals surface area contributed by atoms with Gasteiger partial charge in [-0.25, -0.2) is 0 Å². The van der Waals surface area contributed by atoms with Crippen LogP contribution in [0, 0.1) is 0 Å². The first-order valence-corrected chi connectivity index (χ1v) is 9.28. The van der Waals surface area contributed by atoms with Gasteiger partial charge in [0.25, 0.3) is 0 Å². The lowest BCUT2D eigenvalue weighted by Crippen LogP contribution is -2.55. The van der Waals surface area contributed by atoms with E-state index in [1.165, 1.54) is 0 Å². The zero-order valence-electron chi connectivity index (χ0n) is 14.4. The molecule has 2 aromatic carbocycles. The Kier molecular flexibility index (Phi) is 4.61. The molecule has 1 atom stereocenters. The van der Waals surface area contributed by atoms with Crippen LogP contribution >= 0.6 is 11.6 Å². The predicted molar refractivity (Wildman–Crippen MR) is 103 cm³/mol. The van der Waals surface area contributed by atoms with Crippen LogP contribution in [0.2, 0.25) is 5.02 Å². The van der Waals surface area contributed by atoms with Gasteiger partial charge in [-0.2, -0.15) is 0 Å². The van der Waals surface area contributed by atoms with E-state index in [0.717, 1.165) is 37.2 Å². The Morgan fingerprint density at radius 3 is 2.58 bits per heavy atom. The minimum absolute atomic E-state index is 0.0832. The molecular formula is C20H22ClN3O2. The summed E-state index contributed by atoms with van der Waals surface area (Å²) in [5.74, 6) is 0.445. The van der Waals surface area contributed by atoms with Crippen molar-refractivity contribution in [2.45, 2.75) is 31.0 Å². The topological polar surface area (TPSA) is 76.9 Å². The number of nitrogens with zero attached hydrogens (tertiary/aromatic N) is 1. The first-order valence-electron chi connectivity index (χ1n) is 8.90. The second-order valence-corrected chi connectivity index (χ2v) is 7.40. The Labute approximate surface area is 157 Å². The highest BCUT2D eigenvalue weighted by molar-refractivity contribution is 6.31. The maximum atomic E-state index is 10.4. The zero-order valence-corrected chi connectivity index (χ0v) is 15.1. The van der Waals surface area contributed by atoms with Gasteiger partial charge in [0.2, 0.25) is 0 Å². The number of rotatable bonds is 2. The Balaban J connectivity index is 1.79. The van der Waals surface area contributed by atoms with Gasteiger partial charge in [0, 0.05) is 34.3 Å². The van der Waals surface area contributed by atoms with E-state index in [1.807, 2.05) is 18.2 Å². The zero-order chi connectivity index (χ0) is 18.1. The molecule has 26 heavy (non-hydrogen) atoms. The molecule has 0 unspecified atom stereocenters. The van der Waals surface area contributed by atoms with Gasteiger partial charge in [-0.15, -0.1) is 0 Å². The van der Waals surface area contributed by atoms with E-state index in [0.29, 0.717) is 17.0 Å². The number of piperidine rings is 1. The first kappa shape index (κ1) is 17.3. The second kappa shape index (κ2) is 6.91. The van der Waals surface area contributed by atoms with Crippen LogP contribution < -0.4 is 10.6 Å². The van der Waals surface area contributed by atoms with E-state index >= 15 is 0 Å². The Bertz CT molecular complexity index is 847. The number of phenols is 2.